The van der Waals surface area contributed by atoms with Crippen LogP contribution in [-0.4, -0.2) is 22.0 Å². The SMILES string of the molecule is O=C([O-])[C@H]1Cc2[nH]cnc2[C@H](c2ccccc2)[NH2+]1. The van der Waals surface area contributed by atoms with Crippen LogP contribution in [0.3, 0.4) is 0 Å². The standard InChI is InChI=1S/C13H13N3O2/c17-13(18)10-6-9-12(15-7-14-9)11(16-10)8-4-2-1-3-5-8/h1-5,7,10-11,16H,6H2,(H,14,15)(H,17,18)/t10-,11+/m1/s1. The maximum absolute atomic E-state index is 11.1. The van der Waals surface area contributed by atoms with E-state index in [0.717, 1.165) is 17.0 Å². The predicted octanol–water partition coefficient (Wildman–Crippen LogP) is -1.26. The molecule has 3 N–H and O–H groups in total. The fourth-order valence-corrected chi connectivity index (χ4v) is 2.47. The van der Waals surface area contributed by atoms with E-state index in [0.29, 0.717) is 6.42 Å². The molecular formula is C13H13N3O2. The third-order valence-corrected chi connectivity index (χ3v) is 3.36. The predicted molar refractivity (Wildman–Crippen MR) is 61.3 cm³/mol. The van der Waals surface area contributed by atoms with Gasteiger partial charge in [-0.2, -0.15) is 0 Å². The number of nitrogens with zero attached hydrogens (tertiary/aromatic N) is 1. The maximum atomic E-state index is 11.1. The largest absolute Gasteiger partial charge is 0.544 e. The molecule has 0 radical (unpaired) electrons. The molecule has 1 aliphatic heterocycles. The van der Waals surface area contributed by atoms with Gasteiger partial charge in [-0.25, -0.2) is 4.98 Å². The number of nitrogens with one attached hydrogen (secondary N) is 1. The van der Waals surface area contributed by atoms with Crippen LogP contribution < -0.4 is 10.4 Å². The van der Waals surface area contributed by atoms with Crippen molar-refractivity contribution in [2.24, 2.45) is 0 Å². The quantitative estimate of drug-likeness (QED) is 0.690. The van der Waals surface area contributed by atoms with E-state index in [2.05, 4.69) is 9.97 Å². The van der Waals surface area contributed by atoms with Gasteiger partial charge in [-0.05, 0) is 0 Å². The van der Waals surface area contributed by atoms with Gasteiger partial charge in [-0.1, -0.05) is 30.3 Å². The molecule has 92 valence electrons. The Hall–Kier alpha value is -2.14. The zero-order valence-electron chi connectivity index (χ0n) is 9.67. The molecule has 0 amide bonds. The fourth-order valence-electron chi connectivity index (χ4n) is 2.47. The molecule has 1 aromatic heterocycles. The minimum atomic E-state index is -1.03. The van der Waals surface area contributed by atoms with Gasteiger partial charge in [0.05, 0.1) is 18.0 Å². The lowest BCUT2D eigenvalue weighted by molar-refractivity contribution is -0.717. The van der Waals surface area contributed by atoms with Crippen LogP contribution in [-0.2, 0) is 11.2 Å². The molecule has 18 heavy (non-hydrogen) atoms. The van der Waals surface area contributed by atoms with Crippen molar-refractivity contribution in [3.8, 4) is 0 Å². The third kappa shape index (κ3) is 1.78. The van der Waals surface area contributed by atoms with Gasteiger partial charge in [0.15, 0.2) is 6.04 Å². The average molecular weight is 243 g/mol. The Bertz CT molecular complexity index is 565. The molecule has 3 rings (SSSR count). The Labute approximate surface area is 104 Å². The summed E-state index contributed by atoms with van der Waals surface area (Å²) >= 11 is 0. The van der Waals surface area contributed by atoms with Gasteiger partial charge in [0, 0.05) is 12.0 Å². The summed E-state index contributed by atoms with van der Waals surface area (Å²) in [4.78, 5) is 18.4. The zero-order valence-corrected chi connectivity index (χ0v) is 9.67. The van der Waals surface area contributed by atoms with E-state index in [4.69, 9.17) is 0 Å². The minimum absolute atomic E-state index is 0.0795. The van der Waals surface area contributed by atoms with E-state index >= 15 is 0 Å². The highest BCUT2D eigenvalue weighted by Gasteiger charge is 2.33. The number of carboxylic acid groups (broad SMARTS) is 1. The number of imidazole rings is 1. The minimum Gasteiger partial charge on any atom is -0.544 e. The van der Waals surface area contributed by atoms with Gasteiger partial charge >= 0.3 is 0 Å². The summed E-state index contributed by atoms with van der Waals surface area (Å²) in [5.41, 5.74) is 2.86. The number of fused-ring (bicyclic) bond motifs is 1. The molecule has 2 aromatic rings. The number of aliphatic carboxylic acids is 1. The normalized spacial score (nSPS) is 22.4. The first-order valence-electron chi connectivity index (χ1n) is 5.88. The molecule has 0 saturated heterocycles. The summed E-state index contributed by atoms with van der Waals surface area (Å²) in [6.45, 7) is 0. The lowest BCUT2D eigenvalue weighted by Gasteiger charge is -2.27. The zero-order chi connectivity index (χ0) is 12.5. The smallest absolute Gasteiger partial charge is 0.157 e. The van der Waals surface area contributed by atoms with E-state index in [-0.39, 0.29) is 6.04 Å². The molecule has 2 heterocycles. The van der Waals surface area contributed by atoms with Crippen molar-refractivity contribution in [2.45, 2.75) is 18.5 Å². The lowest BCUT2D eigenvalue weighted by Crippen LogP contribution is -2.95. The van der Waals surface area contributed by atoms with Crippen molar-refractivity contribution in [3.05, 3.63) is 53.6 Å². The Morgan fingerprint density at radius 2 is 2.17 bits per heavy atom. The molecule has 5 heteroatoms. The number of H-pyrrole nitrogens is 1. The van der Waals surface area contributed by atoms with Crippen LogP contribution >= 0.6 is 0 Å². The van der Waals surface area contributed by atoms with Crippen LogP contribution in [0.15, 0.2) is 36.7 Å². The van der Waals surface area contributed by atoms with Crippen molar-refractivity contribution in [2.75, 3.05) is 0 Å². The number of rotatable bonds is 2. The number of benzene rings is 1. The molecule has 0 unspecified atom stereocenters. The summed E-state index contributed by atoms with van der Waals surface area (Å²) in [7, 11) is 0. The number of quaternary nitrogens is 1. The van der Waals surface area contributed by atoms with Crippen LogP contribution in [0.2, 0.25) is 0 Å². The molecule has 0 saturated carbocycles. The fraction of sp³-hybridized carbons (Fsp3) is 0.231. The second-order valence-corrected chi connectivity index (χ2v) is 4.48. The molecule has 2 atom stereocenters. The van der Waals surface area contributed by atoms with Crippen molar-refractivity contribution in [3.63, 3.8) is 0 Å². The molecule has 0 bridgehead atoms. The monoisotopic (exact) mass is 243 g/mol. The van der Waals surface area contributed by atoms with E-state index in [1.165, 1.54) is 0 Å². The Morgan fingerprint density at radius 3 is 2.89 bits per heavy atom. The number of hydrogen-bond acceptors (Lipinski definition) is 3. The number of carboxylic acids is 1. The van der Waals surface area contributed by atoms with Crippen LogP contribution in [0.25, 0.3) is 0 Å². The van der Waals surface area contributed by atoms with Crippen LogP contribution in [0.5, 0.6) is 0 Å². The highest BCUT2D eigenvalue weighted by atomic mass is 16.4. The first-order valence-corrected chi connectivity index (χ1v) is 5.88. The Morgan fingerprint density at radius 1 is 1.39 bits per heavy atom. The number of nitrogens with two attached hydrogens (primary N) is 1. The summed E-state index contributed by atoms with van der Waals surface area (Å²) in [6.07, 6.45) is 2.05. The van der Waals surface area contributed by atoms with Crippen molar-refractivity contribution < 1.29 is 15.2 Å². The Kier molecular flexibility index (Phi) is 2.60. The van der Waals surface area contributed by atoms with Crippen LogP contribution in [0.4, 0.5) is 0 Å². The lowest BCUT2D eigenvalue weighted by atomic mass is 9.94. The maximum Gasteiger partial charge on any atom is 0.157 e. The Balaban J connectivity index is 2.02. The van der Waals surface area contributed by atoms with E-state index < -0.39 is 12.0 Å². The number of carbonyl (C=O) groups is 1. The first kappa shape index (κ1) is 11.0. The summed E-state index contributed by atoms with van der Waals surface area (Å²) in [6, 6.07) is 9.14. The van der Waals surface area contributed by atoms with Gasteiger partial charge in [-0.15, -0.1) is 0 Å². The van der Waals surface area contributed by atoms with Gasteiger partial charge in [0.25, 0.3) is 0 Å². The van der Waals surface area contributed by atoms with E-state index in [1.54, 1.807) is 6.33 Å². The second kappa shape index (κ2) is 4.27. The number of carbonyl (C=O) groups excluding carboxylic acids is 1. The molecule has 0 aliphatic carbocycles. The summed E-state index contributed by atoms with van der Waals surface area (Å²) < 4.78 is 0. The van der Waals surface area contributed by atoms with Crippen molar-refractivity contribution >= 4 is 5.97 Å². The van der Waals surface area contributed by atoms with Crippen LogP contribution in [0.1, 0.15) is 23.0 Å². The van der Waals surface area contributed by atoms with E-state index in [9.17, 15) is 9.90 Å². The summed E-state index contributed by atoms with van der Waals surface area (Å²) in [5, 5.41) is 12.9. The van der Waals surface area contributed by atoms with Crippen molar-refractivity contribution in [1.29, 1.82) is 0 Å². The molecular weight excluding hydrogens is 230 g/mol. The first-order chi connectivity index (χ1) is 8.75. The molecule has 1 aromatic carbocycles. The van der Waals surface area contributed by atoms with Gasteiger partial charge in [-0.3, -0.25) is 0 Å². The molecule has 0 fully saturated rings. The van der Waals surface area contributed by atoms with Crippen molar-refractivity contribution in [1.82, 2.24) is 9.97 Å². The van der Waals surface area contributed by atoms with E-state index in [1.807, 2.05) is 35.6 Å². The highest BCUT2D eigenvalue weighted by Crippen LogP contribution is 2.22. The highest BCUT2D eigenvalue weighted by molar-refractivity contribution is 5.70. The second-order valence-electron chi connectivity index (χ2n) is 4.48. The molecule has 5 nitrogen and oxygen atoms in total. The number of aromatic nitrogens is 2. The third-order valence-electron chi connectivity index (χ3n) is 3.36. The number of aromatic amines is 1. The van der Waals surface area contributed by atoms with Gasteiger partial charge < -0.3 is 20.2 Å². The van der Waals surface area contributed by atoms with Gasteiger partial charge in [0.1, 0.15) is 11.7 Å². The molecule has 0 spiro atoms. The molecule has 1 aliphatic rings. The summed E-state index contributed by atoms with van der Waals surface area (Å²) in [5.74, 6) is -1.03. The topological polar surface area (TPSA) is 85.4 Å². The van der Waals surface area contributed by atoms with Crippen LogP contribution in [0, 0.1) is 0 Å². The number of hydrogen-bond donors (Lipinski definition) is 2. The van der Waals surface area contributed by atoms with Gasteiger partial charge in [0.2, 0.25) is 0 Å². The average Bonchev–Trinajstić information content (AvgIpc) is 2.86.